The molecule has 1 atom stereocenters. The zero-order valence-electron chi connectivity index (χ0n) is 7.80. The number of halogens is 2. The molecule has 0 N–H and O–H groups in total. The van der Waals surface area contributed by atoms with E-state index in [1.165, 1.54) is 16.3 Å². The van der Waals surface area contributed by atoms with Crippen LogP contribution in [0.3, 0.4) is 0 Å². The number of alkyl halides is 1. The first-order valence-electron chi connectivity index (χ1n) is 4.51. The highest BCUT2D eigenvalue weighted by Crippen LogP contribution is 2.32. The van der Waals surface area contributed by atoms with E-state index in [-0.39, 0.29) is 0 Å². The summed E-state index contributed by atoms with van der Waals surface area (Å²) in [7, 11) is 0. The number of benzene rings is 2. The predicted octanol–water partition coefficient (Wildman–Crippen LogP) is 4.95. The third kappa shape index (κ3) is 1.79. The topological polar surface area (TPSA) is 0 Å². The molecular weight excluding hydrogens is 259 g/mol. The Bertz CT molecular complexity index is 463. The minimum absolute atomic E-state index is 0.325. The maximum absolute atomic E-state index is 6.05. The van der Waals surface area contributed by atoms with E-state index in [1.807, 2.05) is 18.2 Å². The summed E-state index contributed by atoms with van der Waals surface area (Å²) in [6.45, 7) is 2.11. The summed E-state index contributed by atoms with van der Waals surface area (Å²) < 4.78 is 0. The number of hydrogen-bond acceptors (Lipinski definition) is 0. The van der Waals surface area contributed by atoms with Crippen LogP contribution in [0.2, 0.25) is 5.02 Å². The monoisotopic (exact) mass is 268 g/mol. The van der Waals surface area contributed by atoms with Crippen molar-refractivity contribution in [1.29, 1.82) is 0 Å². The van der Waals surface area contributed by atoms with Crippen LogP contribution in [0.15, 0.2) is 36.4 Å². The molecule has 72 valence electrons. The molecular formula is C12H10BrCl. The molecule has 0 saturated carbocycles. The first kappa shape index (κ1) is 10.0. The van der Waals surface area contributed by atoms with Crippen LogP contribution in [0.1, 0.15) is 17.3 Å². The van der Waals surface area contributed by atoms with Crippen LogP contribution in [-0.4, -0.2) is 0 Å². The summed E-state index contributed by atoms with van der Waals surface area (Å²) in [4.78, 5) is 0.325. The summed E-state index contributed by atoms with van der Waals surface area (Å²) in [6, 6.07) is 12.3. The fourth-order valence-corrected chi connectivity index (χ4v) is 2.25. The van der Waals surface area contributed by atoms with Gasteiger partial charge in [-0.1, -0.05) is 51.8 Å². The molecule has 2 aromatic rings. The van der Waals surface area contributed by atoms with Crippen molar-refractivity contribution in [3.63, 3.8) is 0 Å². The highest BCUT2D eigenvalue weighted by atomic mass is 79.9. The number of fused-ring (bicyclic) bond motifs is 1. The maximum atomic E-state index is 6.05. The van der Waals surface area contributed by atoms with Gasteiger partial charge in [-0.15, -0.1) is 0 Å². The van der Waals surface area contributed by atoms with Gasteiger partial charge in [0.05, 0.1) is 0 Å². The first-order chi connectivity index (χ1) is 6.68. The van der Waals surface area contributed by atoms with Crippen molar-refractivity contribution >= 4 is 38.3 Å². The van der Waals surface area contributed by atoms with Gasteiger partial charge in [0.25, 0.3) is 0 Å². The van der Waals surface area contributed by atoms with Gasteiger partial charge in [0.1, 0.15) is 0 Å². The van der Waals surface area contributed by atoms with E-state index in [9.17, 15) is 0 Å². The normalized spacial score (nSPS) is 13.1. The molecule has 0 heterocycles. The standard InChI is InChI=1S/C12H10BrCl/c1-8(13)12-7-10(14)6-9-4-2-3-5-11(9)12/h2-8H,1H3. The quantitative estimate of drug-likeness (QED) is 0.643. The van der Waals surface area contributed by atoms with E-state index >= 15 is 0 Å². The first-order valence-corrected chi connectivity index (χ1v) is 5.80. The third-order valence-electron chi connectivity index (χ3n) is 2.29. The van der Waals surface area contributed by atoms with Crippen LogP contribution in [0, 0.1) is 0 Å². The van der Waals surface area contributed by atoms with Crippen LogP contribution < -0.4 is 0 Å². The van der Waals surface area contributed by atoms with Gasteiger partial charge in [-0.25, -0.2) is 0 Å². The van der Waals surface area contributed by atoms with Crippen LogP contribution >= 0.6 is 27.5 Å². The molecule has 0 aliphatic rings. The highest BCUT2D eigenvalue weighted by Gasteiger charge is 2.06. The lowest BCUT2D eigenvalue weighted by molar-refractivity contribution is 1.14. The third-order valence-corrected chi connectivity index (χ3v) is 3.00. The molecule has 0 aliphatic heterocycles. The average molecular weight is 270 g/mol. The van der Waals surface area contributed by atoms with Crippen molar-refractivity contribution in [1.82, 2.24) is 0 Å². The molecule has 2 rings (SSSR count). The molecule has 0 spiro atoms. The number of hydrogen-bond donors (Lipinski definition) is 0. The zero-order chi connectivity index (χ0) is 10.1. The van der Waals surface area contributed by atoms with E-state index in [2.05, 4.69) is 41.1 Å². The van der Waals surface area contributed by atoms with E-state index in [0.717, 1.165) is 5.02 Å². The SMILES string of the molecule is CC(Br)c1cc(Cl)cc2ccccc12. The molecule has 1 unspecified atom stereocenters. The minimum Gasteiger partial charge on any atom is -0.0843 e. The van der Waals surface area contributed by atoms with Gasteiger partial charge >= 0.3 is 0 Å². The molecule has 0 aromatic heterocycles. The maximum Gasteiger partial charge on any atom is 0.0415 e. The Morgan fingerprint density at radius 3 is 2.64 bits per heavy atom. The second-order valence-corrected chi connectivity index (χ2v) is 5.14. The van der Waals surface area contributed by atoms with Crippen molar-refractivity contribution in [3.05, 3.63) is 47.0 Å². The summed E-state index contributed by atoms with van der Waals surface area (Å²) in [5, 5.41) is 3.26. The van der Waals surface area contributed by atoms with Crippen molar-refractivity contribution in [2.24, 2.45) is 0 Å². The molecule has 2 heteroatoms. The van der Waals surface area contributed by atoms with Gasteiger partial charge in [-0.2, -0.15) is 0 Å². The van der Waals surface area contributed by atoms with Gasteiger partial charge < -0.3 is 0 Å². The Labute approximate surface area is 97.0 Å². The zero-order valence-corrected chi connectivity index (χ0v) is 10.1. The van der Waals surface area contributed by atoms with Crippen molar-refractivity contribution < 1.29 is 0 Å². The summed E-state index contributed by atoms with van der Waals surface area (Å²) in [5.41, 5.74) is 1.24. The van der Waals surface area contributed by atoms with E-state index in [4.69, 9.17) is 11.6 Å². The minimum atomic E-state index is 0.325. The molecule has 0 saturated heterocycles. The lowest BCUT2D eigenvalue weighted by atomic mass is 10.0. The fraction of sp³-hybridized carbons (Fsp3) is 0.167. The fourth-order valence-electron chi connectivity index (χ4n) is 1.63. The molecule has 0 nitrogen and oxygen atoms in total. The largest absolute Gasteiger partial charge is 0.0843 e. The molecule has 0 fully saturated rings. The molecule has 0 aliphatic carbocycles. The van der Waals surface area contributed by atoms with Gasteiger partial charge in [0.15, 0.2) is 0 Å². The van der Waals surface area contributed by atoms with Crippen molar-refractivity contribution in [2.45, 2.75) is 11.8 Å². The molecule has 0 bridgehead atoms. The van der Waals surface area contributed by atoms with E-state index in [0.29, 0.717) is 4.83 Å². The van der Waals surface area contributed by atoms with Crippen LogP contribution in [-0.2, 0) is 0 Å². The van der Waals surface area contributed by atoms with E-state index < -0.39 is 0 Å². The lowest BCUT2D eigenvalue weighted by Gasteiger charge is -2.09. The Morgan fingerprint density at radius 1 is 1.21 bits per heavy atom. The van der Waals surface area contributed by atoms with Crippen LogP contribution in [0.5, 0.6) is 0 Å². The lowest BCUT2D eigenvalue weighted by Crippen LogP contribution is -1.86. The smallest absolute Gasteiger partial charge is 0.0415 e. The summed E-state index contributed by atoms with van der Waals surface area (Å²) in [5.74, 6) is 0. The second-order valence-electron chi connectivity index (χ2n) is 3.33. The summed E-state index contributed by atoms with van der Waals surface area (Å²) >= 11 is 9.63. The van der Waals surface area contributed by atoms with Crippen molar-refractivity contribution in [2.75, 3.05) is 0 Å². The summed E-state index contributed by atoms with van der Waals surface area (Å²) in [6.07, 6.45) is 0. The molecule has 14 heavy (non-hydrogen) atoms. The Morgan fingerprint density at radius 2 is 1.93 bits per heavy atom. The van der Waals surface area contributed by atoms with Gasteiger partial charge in [0, 0.05) is 9.85 Å². The molecule has 0 radical (unpaired) electrons. The number of rotatable bonds is 1. The van der Waals surface area contributed by atoms with Crippen molar-refractivity contribution in [3.8, 4) is 0 Å². The molecule has 2 aromatic carbocycles. The highest BCUT2D eigenvalue weighted by molar-refractivity contribution is 9.09. The van der Waals surface area contributed by atoms with Crippen LogP contribution in [0.25, 0.3) is 10.8 Å². The Balaban J connectivity index is 2.80. The Hall–Kier alpha value is -0.530. The van der Waals surface area contributed by atoms with Crippen LogP contribution in [0.4, 0.5) is 0 Å². The Kier molecular flexibility index (Phi) is 2.80. The predicted molar refractivity (Wildman–Crippen MR) is 66.3 cm³/mol. The molecule has 0 amide bonds. The van der Waals surface area contributed by atoms with Gasteiger partial charge in [0.2, 0.25) is 0 Å². The van der Waals surface area contributed by atoms with Gasteiger partial charge in [-0.05, 0) is 35.4 Å². The average Bonchev–Trinajstić information content (AvgIpc) is 2.16. The van der Waals surface area contributed by atoms with E-state index in [1.54, 1.807) is 0 Å². The second kappa shape index (κ2) is 3.92. The van der Waals surface area contributed by atoms with Gasteiger partial charge in [-0.3, -0.25) is 0 Å².